The van der Waals surface area contributed by atoms with Gasteiger partial charge in [0.2, 0.25) is 11.8 Å². The Kier molecular flexibility index (Phi) is 11.7. The molecule has 0 aliphatic heterocycles. The number of benzene rings is 3. The van der Waals surface area contributed by atoms with Crippen LogP contribution in [0.5, 0.6) is 17.2 Å². The number of amides is 2. The Labute approximate surface area is 266 Å². The summed E-state index contributed by atoms with van der Waals surface area (Å²) in [6, 6.07) is 14.8. The first-order valence-electron chi connectivity index (χ1n) is 13.2. The SMILES string of the molecule is COc1ccc(S(=O)(=O)N(CC(=O)N(Cc2ccc(Br)cc2)C(C)C(=O)NC(C)C)c2cc(Cl)ccc2OC)cc1OC. The lowest BCUT2D eigenvalue weighted by molar-refractivity contribution is -0.139. The summed E-state index contributed by atoms with van der Waals surface area (Å²) in [5.41, 5.74) is 0.788. The topological polar surface area (TPSA) is 114 Å². The predicted molar refractivity (Wildman–Crippen MR) is 170 cm³/mol. The third-order valence-electron chi connectivity index (χ3n) is 6.50. The van der Waals surface area contributed by atoms with Gasteiger partial charge in [-0.3, -0.25) is 13.9 Å². The van der Waals surface area contributed by atoms with Crippen molar-refractivity contribution in [1.82, 2.24) is 10.2 Å². The van der Waals surface area contributed by atoms with Crippen LogP contribution in [0, 0.1) is 0 Å². The quantitative estimate of drug-likeness (QED) is 0.259. The molecule has 0 aliphatic rings. The zero-order valence-electron chi connectivity index (χ0n) is 24.8. The minimum Gasteiger partial charge on any atom is -0.495 e. The monoisotopic (exact) mass is 695 g/mol. The van der Waals surface area contributed by atoms with Crippen LogP contribution < -0.4 is 23.8 Å². The average molecular weight is 697 g/mol. The van der Waals surface area contributed by atoms with E-state index in [2.05, 4.69) is 21.2 Å². The second kappa shape index (κ2) is 14.8. The van der Waals surface area contributed by atoms with Crippen molar-refractivity contribution in [3.05, 3.63) is 75.7 Å². The van der Waals surface area contributed by atoms with Crippen molar-refractivity contribution in [2.75, 3.05) is 32.2 Å². The zero-order valence-corrected chi connectivity index (χ0v) is 27.9. The Hall–Kier alpha value is -3.48. The summed E-state index contributed by atoms with van der Waals surface area (Å²) < 4.78 is 46.3. The number of carbonyl (C=O) groups is 2. The van der Waals surface area contributed by atoms with Crippen molar-refractivity contribution < 1.29 is 32.2 Å². The highest BCUT2D eigenvalue weighted by molar-refractivity contribution is 9.10. The highest BCUT2D eigenvalue weighted by Crippen LogP contribution is 2.37. The molecule has 2 amide bonds. The van der Waals surface area contributed by atoms with E-state index in [1.807, 2.05) is 38.1 Å². The number of nitrogens with zero attached hydrogens (tertiary/aromatic N) is 2. The van der Waals surface area contributed by atoms with Crippen LogP contribution in [0.4, 0.5) is 5.69 Å². The molecule has 13 heteroatoms. The fourth-order valence-electron chi connectivity index (χ4n) is 4.25. The molecule has 1 unspecified atom stereocenters. The molecular weight excluding hydrogens is 662 g/mol. The number of nitrogens with one attached hydrogen (secondary N) is 1. The third-order valence-corrected chi connectivity index (χ3v) is 9.02. The van der Waals surface area contributed by atoms with Crippen LogP contribution in [0.3, 0.4) is 0 Å². The first kappa shape index (κ1) is 34.0. The van der Waals surface area contributed by atoms with Crippen molar-refractivity contribution in [2.45, 2.75) is 44.3 Å². The van der Waals surface area contributed by atoms with E-state index in [4.69, 9.17) is 25.8 Å². The fourth-order valence-corrected chi connectivity index (χ4v) is 6.11. The molecule has 0 fully saturated rings. The fraction of sp³-hybridized carbons (Fsp3) is 0.333. The van der Waals surface area contributed by atoms with Gasteiger partial charge in [-0.05, 0) is 68.8 Å². The van der Waals surface area contributed by atoms with E-state index >= 15 is 0 Å². The Morgan fingerprint density at radius 3 is 2.07 bits per heavy atom. The first-order valence-corrected chi connectivity index (χ1v) is 15.9. The van der Waals surface area contributed by atoms with Gasteiger partial charge in [0, 0.05) is 28.1 Å². The van der Waals surface area contributed by atoms with Crippen LogP contribution in [0.15, 0.2) is 70.0 Å². The van der Waals surface area contributed by atoms with Gasteiger partial charge in [0.1, 0.15) is 18.3 Å². The van der Waals surface area contributed by atoms with Crippen LogP contribution in [-0.2, 0) is 26.2 Å². The highest BCUT2D eigenvalue weighted by Gasteiger charge is 2.34. The highest BCUT2D eigenvalue weighted by atomic mass is 79.9. The summed E-state index contributed by atoms with van der Waals surface area (Å²) in [5.74, 6) is -0.319. The number of ether oxygens (including phenoxy) is 3. The maximum Gasteiger partial charge on any atom is 0.265 e. The maximum atomic E-state index is 14.3. The lowest BCUT2D eigenvalue weighted by Crippen LogP contribution is -2.52. The van der Waals surface area contributed by atoms with Gasteiger partial charge in [-0.1, -0.05) is 39.7 Å². The van der Waals surface area contributed by atoms with Crippen LogP contribution in [0.25, 0.3) is 0 Å². The molecule has 10 nitrogen and oxygen atoms in total. The second-order valence-corrected chi connectivity index (χ2v) is 13.0. The van der Waals surface area contributed by atoms with Gasteiger partial charge >= 0.3 is 0 Å². The van der Waals surface area contributed by atoms with E-state index in [-0.39, 0.29) is 45.6 Å². The van der Waals surface area contributed by atoms with Gasteiger partial charge in [-0.25, -0.2) is 8.42 Å². The second-order valence-electron chi connectivity index (χ2n) is 9.83. The number of carbonyl (C=O) groups excluding carboxylic acids is 2. The molecule has 0 bridgehead atoms. The molecule has 232 valence electrons. The summed E-state index contributed by atoms with van der Waals surface area (Å²) in [4.78, 5) is 28.4. The number of anilines is 1. The van der Waals surface area contributed by atoms with Gasteiger partial charge < -0.3 is 24.4 Å². The number of hydrogen-bond donors (Lipinski definition) is 1. The molecule has 3 aromatic carbocycles. The Bertz CT molecular complexity index is 1550. The molecule has 0 saturated heterocycles. The van der Waals surface area contributed by atoms with Crippen LogP contribution in [-0.4, -0.2) is 65.1 Å². The molecule has 43 heavy (non-hydrogen) atoms. The number of rotatable bonds is 13. The van der Waals surface area contributed by atoms with E-state index in [1.165, 1.54) is 56.6 Å². The zero-order chi connectivity index (χ0) is 31.9. The molecule has 0 spiro atoms. The van der Waals surface area contributed by atoms with Gasteiger partial charge in [-0.2, -0.15) is 0 Å². The normalized spacial score (nSPS) is 11.9. The number of hydrogen-bond acceptors (Lipinski definition) is 7. The average Bonchev–Trinajstić information content (AvgIpc) is 2.98. The number of sulfonamides is 1. The Morgan fingerprint density at radius 2 is 1.49 bits per heavy atom. The molecule has 0 heterocycles. The first-order chi connectivity index (χ1) is 20.3. The summed E-state index contributed by atoms with van der Waals surface area (Å²) in [5, 5.41) is 3.06. The van der Waals surface area contributed by atoms with E-state index in [1.54, 1.807) is 13.0 Å². The van der Waals surface area contributed by atoms with Crippen molar-refractivity contribution in [3.8, 4) is 17.2 Å². The van der Waals surface area contributed by atoms with E-state index < -0.39 is 28.5 Å². The van der Waals surface area contributed by atoms with E-state index in [9.17, 15) is 18.0 Å². The van der Waals surface area contributed by atoms with Crippen LogP contribution in [0.2, 0.25) is 5.02 Å². The standard InChI is InChI=1S/C30H35BrClN3O7S/c1-19(2)33-30(37)20(3)34(17-21-7-9-22(31)10-8-21)29(36)18-35(25-15-23(32)11-13-26(25)40-4)43(38,39)24-12-14-27(41-5)28(16-24)42-6/h7-16,19-20H,17-18H2,1-6H3,(H,33,37). The minimum atomic E-state index is -4.43. The summed E-state index contributed by atoms with van der Waals surface area (Å²) >= 11 is 9.70. The van der Waals surface area contributed by atoms with Gasteiger partial charge in [0.25, 0.3) is 10.0 Å². The molecule has 3 aromatic rings. The summed E-state index contributed by atoms with van der Waals surface area (Å²) in [6.07, 6.45) is 0. The van der Waals surface area contributed by atoms with Gasteiger partial charge in [0.05, 0.1) is 31.9 Å². The summed E-state index contributed by atoms with van der Waals surface area (Å²) in [7, 11) is -0.222. The minimum absolute atomic E-state index is 0.0426. The van der Waals surface area contributed by atoms with E-state index in [0.29, 0.717) is 5.75 Å². The number of halogens is 2. The predicted octanol–water partition coefficient (Wildman–Crippen LogP) is 5.27. The largest absolute Gasteiger partial charge is 0.495 e. The summed E-state index contributed by atoms with van der Waals surface area (Å²) in [6.45, 7) is 4.61. The maximum absolute atomic E-state index is 14.3. The van der Waals surface area contributed by atoms with Gasteiger partial charge in [-0.15, -0.1) is 0 Å². The molecule has 0 saturated carbocycles. The smallest absolute Gasteiger partial charge is 0.265 e. The molecule has 1 atom stereocenters. The molecule has 0 radical (unpaired) electrons. The lowest BCUT2D eigenvalue weighted by Gasteiger charge is -2.32. The number of methoxy groups -OCH3 is 3. The molecular formula is C30H35BrClN3O7S. The van der Waals surface area contributed by atoms with E-state index in [0.717, 1.165) is 14.3 Å². The van der Waals surface area contributed by atoms with Crippen molar-refractivity contribution in [2.24, 2.45) is 0 Å². The van der Waals surface area contributed by atoms with Crippen molar-refractivity contribution in [3.63, 3.8) is 0 Å². The molecule has 0 aliphatic carbocycles. The third kappa shape index (κ3) is 8.33. The van der Waals surface area contributed by atoms with Crippen LogP contribution in [0.1, 0.15) is 26.3 Å². The van der Waals surface area contributed by atoms with Gasteiger partial charge in [0.15, 0.2) is 11.5 Å². The lowest BCUT2D eigenvalue weighted by atomic mass is 10.1. The van der Waals surface area contributed by atoms with Crippen molar-refractivity contribution in [1.29, 1.82) is 0 Å². The van der Waals surface area contributed by atoms with Crippen LogP contribution >= 0.6 is 27.5 Å². The van der Waals surface area contributed by atoms with Crippen molar-refractivity contribution >= 4 is 55.1 Å². The molecule has 1 N–H and O–H groups in total. The molecule has 0 aromatic heterocycles. The Morgan fingerprint density at radius 1 is 0.884 bits per heavy atom. The molecule has 3 rings (SSSR count). The Balaban J connectivity index is 2.14.